The molecule has 30 heavy (non-hydrogen) atoms. The van der Waals surface area contributed by atoms with E-state index in [2.05, 4.69) is 110 Å². The van der Waals surface area contributed by atoms with E-state index in [0.29, 0.717) is 16.7 Å². The molecule has 0 bridgehead atoms. The number of benzene rings is 3. The van der Waals surface area contributed by atoms with Crippen molar-refractivity contribution < 1.29 is 4.79 Å². The van der Waals surface area contributed by atoms with E-state index in [1.165, 1.54) is 35.6 Å². The second-order valence-corrected chi connectivity index (χ2v) is 10.5. The summed E-state index contributed by atoms with van der Waals surface area (Å²) in [7, 11) is 0.305. The van der Waals surface area contributed by atoms with Crippen molar-refractivity contribution in [3.8, 4) is 0 Å². The quantitative estimate of drug-likeness (QED) is 0.391. The lowest BCUT2D eigenvalue weighted by atomic mass is 9.14. The number of hydrogen-bond donors (Lipinski definition) is 0. The molecule has 0 saturated carbocycles. The summed E-state index contributed by atoms with van der Waals surface area (Å²) in [6, 6.07) is 33.2. The first-order valence-corrected chi connectivity index (χ1v) is 13.1. The molecular weight excluding hydrogens is 383 g/mol. The fourth-order valence-electron chi connectivity index (χ4n) is 4.34. The fraction of sp³-hybridized carbons (Fsp3) is 0.296. The van der Waals surface area contributed by atoms with E-state index in [4.69, 9.17) is 0 Å². The zero-order valence-corrected chi connectivity index (χ0v) is 19.7. The first-order chi connectivity index (χ1) is 14.5. The molecule has 0 amide bonds. The molecule has 0 saturated heterocycles. The molecular formula is C27H35BOS. The van der Waals surface area contributed by atoms with Gasteiger partial charge in [0.25, 0.3) is 0 Å². The lowest BCUT2D eigenvalue weighted by molar-refractivity contribution is -0.114. The molecule has 0 aliphatic rings. The van der Waals surface area contributed by atoms with Gasteiger partial charge in [0.05, 0.1) is 18.7 Å². The summed E-state index contributed by atoms with van der Waals surface area (Å²) < 4.78 is 0. The van der Waals surface area contributed by atoms with E-state index in [1.54, 1.807) is 6.92 Å². The van der Waals surface area contributed by atoms with Crippen LogP contribution in [-0.2, 0) is 15.7 Å². The topological polar surface area (TPSA) is 17.1 Å². The third-order valence-corrected chi connectivity index (χ3v) is 6.57. The summed E-state index contributed by atoms with van der Waals surface area (Å²) in [5.74, 6) is 1.05. The van der Waals surface area contributed by atoms with Gasteiger partial charge in [-0.05, 0) is 17.8 Å². The Labute approximate surface area is 186 Å². The second kappa shape index (κ2) is 12.4. The third-order valence-electron chi connectivity index (χ3n) is 5.59. The maximum Gasteiger partial charge on any atom is 0.178 e. The molecule has 3 aromatic rings. The summed E-state index contributed by atoms with van der Waals surface area (Å²) in [5.41, 5.74) is 4.33. The van der Waals surface area contributed by atoms with Crippen LogP contribution in [0.3, 0.4) is 0 Å². The molecule has 0 aromatic heterocycles. The number of carbonyl (C=O) groups is 1. The van der Waals surface area contributed by atoms with Crippen LogP contribution in [0.25, 0.3) is 0 Å². The van der Waals surface area contributed by atoms with Crippen LogP contribution in [0, 0.1) is 0 Å². The lowest BCUT2D eigenvalue weighted by Crippen LogP contribution is -2.66. The highest BCUT2D eigenvalue weighted by Gasteiger charge is 2.28. The second-order valence-electron chi connectivity index (χ2n) is 8.25. The van der Waals surface area contributed by atoms with E-state index in [0.717, 1.165) is 5.75 Å². The SMILES string of the molecule is CC(=O)C[S+](C)C.CCCC[B-](c1ccccc1)(c1ccccc1)c1ccccc1. The van der Waals surface area contributed by atoms with Crippen molar-refractivity contribution in [2.75, 3.05) is 18.3 Å². The summed E-state index contributed by atoms with van der Waals surface area (Å²) in [4.78, 5) is 10.3. The number of rotatable bonds is 8. The largest absolute Gasteiger partial charge is 0.295 e. The van der Waals surface area contributed by atoms with Gasteiger partial charge in [-0.15, -0.1) is 0 Å². The summed E-state index contributed by atoms with van der Waals surface area (Å²) in [5, 5.41) is 0. The normalized spacial score (nSPS) is 11.0. The van der Waals surface area contributed by atoms with Gasteiger partial charge in [0.1, 0.15) is 0 Å². The van der Waals surface area contributed by atoms with E-state index in [-0.39, 0.29) is 0 Å². The molecule has 0 aliphatic heterocycles. The number of unbranched alkanes of at least 4 members (excludes halogenated alkanes) is 1. The zero-order chi connectivity index (χ0) is 21.8. The maximum atomic E-state index is 10.3. The number of Topliss-reactive ketones (excluding diaryl/α,β-unsaturated/α-hetero) is 1. The minimum absolute atomic E-state index is 0.299. The van der Waals surface area contributed by atoms with Gasteiger partial charge in [0, 0.05) is 0 Å². The van der Waals surface area contributed by atoms with Crippen LogP contribution in [0.2, 0.25) is 6.32 Å². The van der Waals surface area contributed by atoms with Crippen LogP contribution in [-0.4, -0.2) is 30.2 Å². The molecule has 158 valence electrons. The smallest absolute Gasteiger partial charge is 0.178 e. The predicted molar refractivity (Wildman–Crippen MR) is 138 cm³/mol. The summed E-state index contributed by atoms with van der Waals surface area (Å²) in [6.45, 7) is 3.91. The molecule has 0 aliphatic carbocycles. The Morgan fingerprint density at radius 1 is 0.733 bits per heavy atom. The highest BCUT2D eigenvalue weighted by molar-refractivity contribution is 7.96. The van der Waals surface area contributed by atoms with Gasteiger partial charge in [-0.2, -0.15) is 22.7 Å². The van der Waals surface area contributed by atoms with Crippen molar-refractivity contribution in [1.29, 1.82) is 0 Å². The molecule has 0 N–H and O–H groups in total. The zero-order valence-electron chi connectivity index (χ0n) is 18.9. The van der Waals surface area contributed by atoms with Crippen LogP contribution < -0.4 is 16.4 Å². The molecule has 0 radical (unpaired) electrons. The summed E-state index contributed by atoms with van der Waals surface area (Å²) >= 11 is 0. The van der Waals surface area contributed by atoms with Crippen LogP contribution >= 0.6 is 0 Å². The van der Waals surface area contributed by atoms with E-state index >= 15 is 0 Å². The summed E-state index contributed by atoms with van der Waals surface area (Å²) in [6.07, 6.45) is 6.87. The van der Waals surface area contributed by atoms with Gasteiger partial charge < -0.3 is 0 Å². The highest BCUT2D eigenvalue weighted by Crippen LogP contribution is 2.16. The number of hydrogen-bond acceptors (Lipinski definition) is 1. The molecule has 3 rings (SSSR count). The van der Waals surface area contributed by atoms with Crippen molar-refractivity contribution in [2.24, 2.45) is 0 Å². The molecule has 0 spiro atoms. The molecule has 1 nitrogen and oxygen atoms in total. The molecule has 3 heteroatoms. The Kier molecular flexibility index (Phi) is 9.96. The average molecular weight is 418 g/mol. The van der Waals surface area contributed by atoms with Gasteiger partial charge in [0.2, 0.25) is 0 Å². The minimum Gasteiger partial charge on any atom is -0.295 e. The number of carbonyl (C=O) groups excluding carboxylic acids is 1. The lowest BCUT2D eigenvalue weighted by Gasteiger charge is -2.43. The monoisotopic (exact) mass is 418 g/mol. The Morgan fingerprint density at radius 2 is 1.10 bits per heavy atom. The van der Waals surface area contributed by atoms with E-state index < -0.39 is 6.15 Å². The molecule has 0 atom stereocenters. The van der Waals surface area contributed by atoms with Gasteiger partial charge in [-0.3, -0.25) is 4.79 Å². The average Bonchev–Trinajstić information content (AvgIpc) is 2.76. The highest BCUT2D eigenvalue weighted by atomic mass is 32.2. The maximum absolute atomic E-state index is 10.3. The standard InChI is InChI=1S/C22H24B.C5H11OS/c1-2-3-19-23(20-13-7-4-8-14-20,21-15-9-5-10-16-21)22-17-11-6-12-18-22;1-5(6)4-7(2)3/h4-18H,2-3,19H2,1H3;4H2,1-3H3/q-1;+1. The number of ketones is 1. The van der Waals surface area contributed by atoms with Crippen LogP contribution in [0.4, 0.5) is 0 Å². The van der Waals surface area contributed by atoms with Gasteiger partial charge in [-0.1, -0.05) is 111 Å². The Hall–Kier alpha value is -2.26. The van der Waals surface area contributed by atoms with Crippen LogP contribution in [0.15, 0.2) is 91.0 Å². The van der Waals surface area contributed by atoms with Crippen molar-refractivity contribution >= 4 is 39.2 Å². The van der Waals surface area contributed by atoms with Crippen molar-refractivity contribution in [2.45, 2.75) is 33.0 Å². The predicted octanol–water partition coefficient (Wildman–Crippen LogP) is 4.41. The minimum atomic E-state index is -0.913. The van der Waals surface area contributed by atoms with E-state index in [9.17, 15) is 4.79 Å². The first kappa shape index (κ1) is 24.0. The van der Waals surface area contributed by atoms with Gasteiger partial charge in [0.15, 0.2) is 11.5 Å². The molecule has 0 fully saturated rings. The van der Waals surface area contributed by atoms with Crippen LogP contribution in [0.1, 0.15) is 26.7 Å². The van der Waals surface area contributed by atoms with Gasteiger partial charge >= 0.3 is 0 Å². The third kappa shape index (κ3) is 6.63. The van der Waals surface area contributed by atoms with E-state index in [1.807, 2.05) is 0 Å². The van der Waals surface area contributed by atoms with Crippen molar-refractivity contribution in [3.63, 3.8) is 0 Å². The fourth-order valence-corrected chi connectivity index (χ4v) is 5.15. The van der Waals surface area contributed by atoms with Gasteiger partial charge in [-0.25, -0.2) is 0 Å². The molecule has 0 unspecified atom stereocenters. The Morgan fingerprint density at radius 3 is 1.33 bits per heavy atom. The van der Waals surface area contributed by atoms with Crippen molar-refractivity contribution in [3.05, 3.63) is 91.0 Å². The Bertz CT molecular complexity index is 766. The molecule has 3 aromatic carbocycles. The Balaban J connectivity index is 0.000000396. The first-order valence-electron chi connectivity index (χ1n) is 10.9. The van der Waals surface area contributed by atoms with Crippen molar-refractivity contribution in [1.82, 2.24) is 0 Å². The van der Waals surface area contributed by atoms with Crippen LogP contribution in [0.5, 0.6) is 0 Å². The molecule has 0 heterocycles.